The van der Waals surface area contributed by atoms with Crippen molar-refractivity contribution in [2.45, 2.75) is 26.0 Å². The van der Waals surface area contributed by atoms with Crippen LogP contribution in [0.5, 0.6) is 0 Å². The highest BCUT2D eigenvalue weighted by atomic mass is 16.5. The van der Waals surface area contributed by atoms with Crippen LogP contribution in [0.4, 0.5) is 10.5 Å². The first kappa shape index (κ1) is 16.4. The van der Waals surface area contributed by atoms with Crippen LogP contribution in [0.2, 0.25) is 0 Å². The molecule has 128 valence electrons. The van der Waals surface area contributed by atoms with Crippen LogP contribution >= 0.6 is 0 Å². The zero-order valence-corrected chi connectivity index (χ0v) is 13.7. The number of aromatic amines is 1. The number of hydrogen-bond donors (Lipinski definition) is 3. The Kier molecular flexibility index (Phi) is 4.77. The van der Waals surface area contributed by atoms with Crippen molar-refractivity contribution in [2.75, 3.05) is 25.1 Å². The molecule has 1 aliphatic rings. The number of H-pyrrole nitrogens is 1. The van der Waals surface area contributed by atoms with E-state index < -0.39 is 6.10 Å². The van der Waals surface area contributed by atoms with Crippen molar-refractivity contribution in [2.24, 2.45) is 0 Å². The van der Waals surface area contributed by atoms with Crippen molar-refractivity contribution >= 4 is 11.7 Å². The van der Waals surface area contributed by atoms with E-state index in [0.29, 0.717) is 24.7 Å². The van der Waals surface area contributed by atoms with Crippen LogP contribution in [0.15, 0.2) is 24.3 Å². The van der Waals surface area contributed by atoms with E-state index in [-0.39, 0.29) is 18.7 Å². The molecule has 24 heavy (non-hydrogen) atoms. The van der Waals surface area contributed by atoms with Gasteiger partial charge < -0.3 is 20.1 Å². The largest absolute Gasteiger partial charge is 0.388 e. The zero-order valence-electron chi connectivity index (χ0n) is 13.7. The van der Waals surface area contributed by atoms with Crippen molar-refractivity contribution < 1.29 is 14.6 Å². The van der Waals surface area contributed by atoms with Crippen molar-refractivity contribution in [3.8, 4) is 11.4 Å². The van der Waals surface area contributed by atoms with Gasteiger partial charge in [-0.25, -0.2) is 9.78 Å². The van der Waals surface area contributed by atoms with E-state index in [9.17, 15) is 9.90 Å². The van der Waals surface area contributed by atoms with Crippen LogP contribution in [-0.2, 0) is 4.74 Å². The van der Waals surface area contributed by atoms with Crippen molar-refractivity contribution in [1.82, 2.24) is 20.1 Å². The van der Waals surface area contributed by atoms with Gasteiger partial charge in [-0.05, 0) is 26.0 Å². The molecule has 2 aromatic rings. The van der Waals surface area contributed by atoms with E-state index in [4.69, 9.17) is 4.74 Å². The van der Waals surface area contributed by atoms with Gasteiger partial charge in [0, 0.05) is 17.8 Å². The first-order valence-electron chi connectivity index (χ1n) is 7.91. The number of nitrogens with one attached hydrogen (secondary N) is 2. The molecule has 0 unspecified atom stereocenters. The van der Waals surface area contributed by atoms with Crippen LogP contribution in [0.1, 0.15) is 12.7 Å². The lowest BCUT2D eigenvalue weighted by molar-refractivity contribution is 0.1000. The van der Waals surface area contributed by atoms with Crippen LogP contribution in [0, 0.1) is 6.92 Å². The van der Waals surface area contributed by atoms with E-state index in [2.05, 4.69) is 20.5 Å². The normalized spacial score (nSPS) is 20.1. The lowest BCUT2D eigenvalue weighted by atomic mass is 10.2. The fraction of sp³-hybridized carbons (Fsp3) is 0.438. The molecule has 8 heteroatoms. The number of carbonyl (C=O) groups is 1. The Morgan fingerprint density at radius 1 is 1.50 bits per heavy atom. The van der Waals surface area contributed by atoms with Gasteiger partial charge in [-0.3, -0.25) is 5.10 Å². The molecule has 0 aliphatic carbocycles. The molecule has 2 heterocycles. The molecule has 2 amide bonds. The first-order valence-corrected chi connectivity index (χ1v) is 7.91. The smallest absolute Gasteiger partial charge is 0.322 e. The lowest BCUT2D eigenvalue weighted by Crippen LogP contribution is -2.48. The lowest BCUT2D eigenvalue weighted by Gasteiger charge is -2.28. The summed E-state index contributed by atoms with van der Waals surface area (Å²) in [5.74, 6) is 1.31. The summed E-state index contributed by atoms with van der Waals surface area (Å²) in [5.41, 5.74) is 1.45. The Labute approximate surface area is 139 Å². The number of urea groups is 1. The summed E-state index contributed by atoms with van der Waals surface area (Å²) in [5, 5.41) is 19.7. The number of aryl methyl sites for hydroxylation is 1. The number of aliphatic hydroxyl groups excluding tert-OH is 1. The summed E-state index contributed by atoms with van der Waals surface area (Å²) < 4.78 is 5.24. The molecular formula is C16H21N5O3. The number of carbonyl (C=O) groups excluding carboxylic acids is 1. The molecule has 3 rings (SSSR count). The van der Waals surface area contributed by atoms with Gasteiger partial charge in [0.2, 0.25) is 0 Å². The quantitative estimate of drug-likeness (QED) is 0.785. The highest BCUT2D eigenvalue weighted by Crippen LogP contribution is 2.20. The number of amides is 2. The van der Waals surface area contributed by atoms with Crippen LogP contribution in [0.25, 0.3) is 11.4 Å². The average Bonchev–Trinajstić information content (AvgIpc) is 3.18. The number of rotatable bonds is 4. The van der Waals surface area contributed by atoms with E-state index >= 15 is 0 Å². The van der Waals surface area contributed by atoms with Gasteiger partial charge in [0.25, 0.3) is 0 Å². The summed E-state index contributed by atoms with van der Waals surface area (Å²) >= 11 is 0. The molecule has 0 saturated carbocycles. The molecule has 0 radical (unpaired) electrons. The van der Waals surface area contributed by atoms with E-state index in [0.717, 1.165) is 11.4 Å². The maximum Gasteiger partial charge on any atom is 0.322 e. The molecule has 0 spiro atoms. The number of benzene rings is 1. The molecule has 8 nitrogen and oxygen atoms in total. The molecule has 2 atom stereocenters. The molecule has 0 bridgehead atoms. The van der Waals surface area contributed by atoms with Crippen LogP contribution in [-0.4, -0.2) is 63.1 Å². The van der Waals surface area contributed by atoms with E-state index in [1.54, 1.807) is 11.0 Å². The minimum Gasteiger partial charge on any atom is -0.388 e. The standard InChI is InChI=1S/C16H21N5O3/c1-3-21(13-8-24-9-14(13)22)16(23)18-12-6-4-5-11(7-12)15-17-10(2)19-20-15/h4-7,13-14,22H,3,8-9H2,1-2H3,(H,18,23)(H,17,19,20)/t13-,14-/m0/s1. The minimum atomic E-state index is -0.654. The summed E-state index contributed by atoms with van der Waals surface area (Å²) in [7, 11) is 0. The third kappa shape index (κ3) is 3.39. The SMILES string of the molecule is CCN(C(=O)Nc1cccc(-c2n[nH]c(C)n2)c1)[C@H]1COC[C@@H]1O. The summed E-state index contributed by atoms with van der Waals surface area (Å²) in [4.78, 5) is 18.4. The van der Waals surface area contributed by atoms with Crippen LogP contribution < -0.4 is 5.32 Å². The third-order valence-corrected chi connectivity index (χ3v) is 3.99. The number of anilines is 1. The molecule has 1 aromatic heterocycles. The minimum absolute atomic E-state index is 0.258. The van der Waals surface area contributed by atoms with Gasteiger partial charge in [-0.1, -0.05) is 12.1 Å². The Balaban J connectivity index is 1.74. The van der Waals surface area contributed by atoms with Gasteiger partial charge in [-0.2, -0.15) is 5.10 Å². The number of ether oxygens (including phenoxy) is 1. The fourth-order valence-electron chi connectivity index (χ4n) is 2.76. The predicted molar refractivity (Wildman–Crippen MR) is 88.6 cm³/mol. The first-order chi connectivity index (χ1) is 11.6. The fourth-order valence-corrected chi connectivity index (χ4v) is 2.76. The highest BCUT2D eigenvalue weighted by Gasteiger charge is 2.33. The number of nitrogens with zero attached hydrogens (tertiary/aromatic N) is 3. The number of aromatic nitrogens is 3. The Morgan fingerprint density at radius 3 is 2.96 bits per heavy atom. The Morgan fingerprint density at radius 2 is 2.33 bits per heavy atom. The van der Waals surface area contributed by atoms with Crippen molar-refractivity contribution in [3.63, 3.8) is 0 Å². The number of likely N-dealkylation sites (N-methyl/N-ethyl adjacent to an activating group) is 1. The second-order valence-electron chi connectivity index (χ2n) is 5.71. The molecule has 3 N–H and O–H groups in total. The summed E-state index contributed by atoms with van der Waals surface area (Å²) in [6, 6.07) is 6.74. The summed E-state index contributed by atoms with van der Waals surface area (Å²) in [6.45, 7) is 4.79. The maximum atomic E-state index is 12.5. The second-order valence-corrected chi connectivity index (χ2v) is 5.71. The molecule has 1 fully saturated rings. The number of hydrogen-bond acceptors (Lipinski definition) is 5. The van der Waals surface area contributed by atoms with Gasteiger partial charge in [0.1, 0.15) is 5.82 Å². The molecular weight excluding hydrogens is 310 g/mol. The van der Waals surface area contributed by atoms with Gasteiger partial charge >= 0.3 is 6.03 Å². The van der Waals surface area contributed by atoms with Crippen LogP contribution in [0.3, 0.4) is 0 Å². The second kappa shape index (κ2) is 6.98. The van der Waals surface area contributed by atoms with Crippen molar-refractivity contribution in [1.29, 1.82) is 0 Å². The number of aliphatic hydroxyl groups is 1. The van der Waals surface area contributed by atoms with Gasteiger partial charge in [-0.15, -0.1) is 0 Å². The maximum absolute atomic E-state index is 12.5. The Hall–Kier alpha value is -2.45. The topological polar surface area (TPSA) is 103 Å². The Bertz CT molecular complexity index is 717. The van der Waals surface area contributed by atoms with Gasteiger partial charge in [0.05, 0.1) is 25.4 Å². The summed E-state index contributed by atoms with van der Waals surface area (Å²) in [6.07, 6.45) is -0.654. The third-order valence-electron chi connectivity index (χ3n) is 3.99. The van der Waals surface area contributed by atoms with Crippen molar-refractivity contribution in [3.05, 3.63) is 30.1 Å². The van der Waals surface area contributed by atoms with E-state index in [1.807, 2.05) is 32.0 Å². The van der Waals surface area contributed by atoms with E-state index in [1.165, 1.54) is 0 Å². The average molecular weight is 331 g/mol. The monoisotopic (exact) mass is 331 g/mol. The highest BCUT2D eigenvalue weighted by molar-refractivity contribution is 5.90. The zero-order chi connectivity index (χ0) is 17.1. The predicted octanol–water partition coefficient (Wildman–Crippen LogP) is 1.39. The molecule has 1 saturated heterocycles. The van der Waals surface area contributed by atoms with Gasteiger partial charge in [0.15, 0.2) is 5.82 Å². The molecule has 1 aliphatic heterocycles. The molecule has 1 aromatic carbocycles.